The number of H-pyrrole nitrogens is 1. The van der Waals surface area contributed by atoms with Gasteiger partial charge in [0.25, 0.3) is 5.91 Å². The van der Waals surface area contributed by atoms with Crippen molar-refractivity contribution < 1.29 is 27.9 Å². The maximum absolute atomic E-state index is 12.6. The molecule has 5 rings (SSSR count). The monoisotopic (exact) mass is 505 g/mol. The van der Waals surface area contributed by atoms with Crippen molar-refractivity contribution >= 4 is 17.7 Å². The van der Waals surface area contributed by atoms with Crippen LogP contribution in [0.4, 0.5) is 19.0 Å². The highest BCUT2D eigenvalue weighted by atomic mass is 19.4. The van der Waals surface area contributed by atoms with Gasteiger partial charge in [0.05, 0.1) is 12.2 Å². The van der Waals surface area contributed by atoms with Crippen LogP contribution in [0.1, 0.15) is 39.8 Å². The second-order valence-electron chi connectivity index (χ2n) is 8.60. The number of aliphatic carboxylic acids is 1. The van der Waals surface area contributed by atoms with E-state index in [1.807, 2.05) is 22.9 Å². The Morgan fingerprint density at radius 1 is 1.17 bits per heavy atom. The first-order valence-corrected chi connectivity index (χ1v) is 11.4. The van der Waals surface area contributed by atoms with Crippen molar-refractivity contribution in [1.82, 2.24) is 30.2 Å². The summed E-state index contributed by atoms with van der Waals surface area (Å²) in [4.78, 5) is 23.9. The number of rotatable bonds is 5. The Kier molecular flexibility index (Phi) is 7.70. The number of fused-ring (bicyclic) bond motifs is 1. The number of aromatic nitrogens is 4. The van der Waals surface area contributed by atoms with Crippen molar-refractivity contribution in [3.63, 3.8) is 0 Å². The molecule has 0 radical (unpaired) electrons. The zero-order valence-electron chi connectivity index (χ0n) is 19.3. The summed E-state index contributed by atoms with van der Waals surface area (Å²) < 4.78 is 33.7. The standard InChI is InChI=1S/C21H25N7O.C2HF3O2/c29-21(19-11-18(24-25-19)16-6-7-22-12-16)23-20-10-17-14-27(8-9-28(17)26-20)13-15-4-2-1-3-5-15;3-2(4,5)1(6)7/h1-5,10-11,16,22H,6-9,12-14H2,(H,24,25)(H,23,26,29);(H,6,7). The minimum absolute atomic E-state index is 0.227. The molecule has 13 heteroatoms. The van der Waals surface area contributed by atoms with Gasteiger partial charge in [-0.2, -0.15) is 23.4 Å². The van der Waals surface area contributed by atoms with Gasteiger partial charge in [0.15, 0.2) is 11.5 Å². The molecule has 1 fully saturated rings. The fraction of sp³-hybridized carbons (Fsp3) is 0.391. The van der Waals surface area contributed by atoms with E-state index in [1.165, 1.54) is 5.56 Å². The summed E-state index contributed by atoms with van der Waals surface area (Å²) in [5.41, 5.74) is 3.84. The normalized spacial score (nSPS) is 17.7. The Balaban J connectivity index is 0.000000384. The number of anilines is 1. The van der Waals surface area contributed by atoms with Gasteiger partial charge < -0.3 is 15.7 Å². The van der Waals surface area contributed by atoms with E-state index in [9.17, 15) is 18.0 Å². The molecule has 3 aromatic rings. The Bertz CT molecular complexity index is 1190. The number of nitrogens with zero attached hydrogens (tertiary/aromatic N) is 4. The molecule has 0 aliphatic carbocycles. The molecule has 1 atom stereocenters. The quantitative estimate of drug-likeness (QED) is 0.420. The number of amides is 1. The summed E-state index contributed by atoms with van der Waals surface area (Å²) in [6.45, 7) is 5.43. The van der Waals surface area contributed by atoms with Crippen LogP contribution in [-0.4, -0.2) is 67.7 Å². The van der Waals surface area contributed by atoms with Crippen LogP contribution < -0.4 is 10.6 Å². The maximum Gasteiger partial charge on any atom is 0.490 e. The first-order valence-electron chi connectivity index (χ1n) is 11.4. The molecule has 0 saturated carbocycles. The minimum atomic E-state index is -5.08. The van der Waals surface area contributed by atoms with Crippen LogP contribution in [0.15, 0.2) is 42.5 Å². The third-order valence-corrected chi connectivity index (χ3v) is 5.94. The molecule has 1 saturated heterocycles. The molecule has 2 aliphatic heterocycles. The van der Waals surface area contributed by atoms with Crippen molar-refractivity contribution in [2.45, 2.75) is 38.1 Å². The number of carbonyl (C=O) groups is 2. The average molecular weight is 506 g/mol. The number of hydrogen-bond acceptors (Lipinski definition) is 6. The van der Waals surface area contributed by atoms with E-state index >= 15 is 0 Å². The molecule has 0 spiro atoms. The van der Waals surface area contributed by atoms with E-state index in [1.54, 1.807) is 0 Å². The number of hydrogen-bond donors (Lipinski definition) is 4. The van der Waals surface area contributed by atoms with Crippen LogP contribution in [0.25, 0.3) is 0 Å². The van der Waals surface area contributed by atoms with Crippen molar-refractivity contribution in [1.29, 1.82) is 0 Å². The molecule has 4 N–H and O–H groups in total. The molecule has 2 aliphatic rings. The highest BCUT2D eigenvalue weighted by molar-refractivity contribution is 6.02. The summed E-state index contributed by atoms with van der Waals surface area (Å²) >= 11 is 0. The van der Waals surface area contributed by atoms with E-state index in [2.05, 4.69) is 55.1 Å². The largest absolute Gasteiger partial charge is 0.490 e. The van der Waals surface area contributed by atoms with Crippen LogP contribution in [-0.2, 0) is 24.4 Å². The average Bonchev–Trinajstić information content (AvgIpc) is 3.59. The van der Waals surface area contributed by atoms with Gasteiger partial charge in [0.2, 0.25) is 0 Å². The molecule has 4 heterocycles. The second kappa shape index (κ2) is 10.9. The molecule has 0 bridgehead atoms. The number of carboxylic acids is 1. The molecule has 192 valence electrons. The lowest BCUT2D eigenvalue weighted by molar-refractivity contribution is -0.192. The smallest absolute Gasteiger partial charge is 0.475 e. The summed E-state index contributed by atoms with van der Waals surface area (Å²) in [5, 5.41) is 25.1. The van der Waals surface area contributed by atoms with Gasteiger partial charge in [0, 0.05) is 43.9 Å². The summed E-state index contributed by atoms with van der Waals surface area (Å²) in [6.07, 6.45) is -4.02. The molecule has 1 amide bonds. The molecule has 10 nitrogen and oxygen atoms in total. The van der Waals surface area contributed by atoms with Crippen molar-refractivity contribution in [3.05, 3.63) is 65.1 Å². The number of carbonyl (C=O) groups excluding carboxylic acids is 1. The third kappa shape index (κ3) is 6.49. The fourth-order valence-corrected chi connectivity index (χ4v) is 4.12. The summed E-state index contributed by atoms with van der Waals surface area (Å²) in [6, 6.07) is 14.3. The molecule has 1 aromatic carbocycles. The molecule has 36 heavy (non-hydrogen) atoms. The predicted octanol–water partition coefficient (Wildman–Crippen LogP) is 2.58. The Labute approximate surface area is 204 Å². The number of nitrogens with one attached hydrogen (secondary N) is 3. The van der Waals surface area contributed by atoms with Gasteiger partial charge in [-0.1, -0.05) is 30.3 Å². The summed E-state index contributed by atoms with van der Waals surface area (Å²) in [7, 11) is 0. The van der Waals surface area contributed by atoms with Crippen molar-refractivity contribution in [3.8, 4) is 0 Å². The number of aromatic amines is 1. The molecule has 2 aromatic heterocycles. The molecular formula is C23H26F3N7O3. The first kappa shape index (κ1) is 25.4. The highest BCUT2D eigenvalue weighted by Crippen LogP contribution is 2.22. The topological polar surface area (TPSA) is 128 Å². The highest BCUT2D eigenvalue weighted by Gasteiger charge is 2.38. The first-order chi connectivity index (χ1) is 17.2. The van der Waals surface area contributed by atoms with E-state index in [0.29, 0.717) is 17.4 Å². The van der Waals surface area contributed by atoms with E-state index in [4.69, 9.17) is 9.90 Å². The Hall–Kier alpha value is -3.71. The number of halogens is 3. The fourth-order valence-electron chi connectivity index (χ4n) is 4.12. The van der Waals surface area contributed by atoms with Crippen LogP contribution in [0.5, 0.6) is 0 Å². The van der Waals surface area contributed by atoms with E-state index in [0.717, 1.165) is 57.1 Å². The van der Waals surface area contributed by atoms with E-state index in [-0.39, 0.29) is 5.91 Å². The van der Waals surface area contributed by atoms with Gasteiger partial charge in [-0.25, -0.2) is 4.79 Å². The van der Waals surface area contributed by atoms with Crippen LogP contribution in [0.3, 0.4) is 0 Å². The van der Waals surface area contributed by atoms with Crippen LogP contribution in [0.2, 0.25) is 0 Å². The van der Waals surface area contributed by atoms with Gasteiger partial charge >= 0.3 is 12.1 Å². The van der Waals surface area contributed by atoms with Crippen molar-refractivity contribution in [2.75, 3.05) is 25.0 Å². The van der Waals surface area contributed by atoms with Gasteiger partial charge in [0.1, 0.15) is 0 Å². The lowest BCUT2D eigenvalue weighted by atomic mass is 10.1. The number of alkyl halides is 3. The minimum Gasteiger partial charge on any atom is -0.475 e. The zero-order valence-corrected chi connectivity index (χ0v) is 19.3. The Morgan fingerprint density at radius 2 is 1.92 bits per heavy atom. The van der Waals surface area contributed by atoms with Crippen molar-refractivity contribution in [2.24, 2.45) is 0 Å². The second-order valence-corrected chi connectivity index (χ2v) is 8.60. The summed E-state index contributed by atoms with van der Waals surface area (Å²) in [5.74, 6) is -2.00. The maximum atomic E-state index is 12.6. The molecular weight excluding hydrogens is 479 g/mol. The van der Waals surface area contributed by atoms with Gasteiger partial charge in [-0.15, -0.1) is 0 Å². The lowest BCUT2D eigenvalue weighted by Gasteiger charge is -2.27. The zero-order chi connectivity index (χ0) is 25.7. The van der Waals surface area contributed by atoms with Crippen LogP contribution in [0, 0.1) is 0 Å². The number of carboxylic acid groups (broad SMARTS) is 1. The molecule has 1 unspecified atom stereocenters. The van der Waals surface area contributed by atoms with Gasteiger partial charge in [-0.05, 0) is 24.6 Å². The number of benzene rings is 1. The predicted molar refractivity (Wildman–Crippen MR) is 123 cm³/mol. The SMILES string of the molecule is O=C(Nc1cc2n(n1)CCN(Cc1ccccc1)C2)c1cc(C2CCNC2)[nH]n1.O=C(O)C(F)(F)F. The van der Waals surface area contributed by atoms with Crippen LogP contribution >= 0.6 is 0 Å². The third-order valence-electron chi connectivity index (χ3n) is 5.94. The van der Waals surface area contributed by atoms with E-state index < -0.39 is 12.1 Å². The lowest BCUT2D eigenvalue weighted by Crippen LogP contribution is -2.33. The Morgan fingerprint density at radius 3 is 2.58 bits per heavy atom. The van der Waals surface area contributed by atoms with Gasteiger partial charge in [-0.3, -0.25) is 19.5 Å².